The van der Waals surface area contributed by atoms with Gasteiger partial charge in [0, 0.05) is 45.4 Å². The number of aryl methyl sites for hydroxylation is 1. The van der Waals surface area contributed by atoms with Crippen LogP contribution in [-0.2, 0) is 33.5 Å². The van der Waals surface area contributed by atoms with E-state index < -0.39 is 0 Å². The van der Waals surface area contributed by atoms with Crippen LogP contribution >= 0.6 is 0 Å². The van der Waals surface area contributed by atoms with E-state index in [0.717, 1.165) is 39.2 Å². The molecule has 0 atom stereocenters. The van der Waals surface area contributed by atoms with Crippen molar-refractivity contribution in [1.82, 2.24) is 14.5 Å². The number of pyridine rings is 1. The molecule has 0 spiro atoms. The molecule has 4 nitrogen and oxygen atoms in total. The fraction of sp³-hybridized carbons (Fsp3) is 0.118. The third-order valence-corrected chi connectivity index (χ3v) is 7.39. The van der Waals surface area contributed by atoms with Gasteiger partial charge in [-0.3, -0.25) is 4.98 Å². The molecule has 2 aromatic heterocycles. The summed E-state index contributed by atoms with van der Waals surface area (Å²) in [7, 11) is 1.98. The van der Waals surface area contributed by atoms with E-state index in [1.165, 1.54) is 11.1 Å². The predicted octanol–water partition coefficient (Wildman–Crippen LogP) is 7.80. The molecule has 1 N–H and O–H groups in total. The average molecular weight is 690 g/mol. The summed E-state index contributed by atoms with van der Waals surface area (Å²) in [5.41, 5.74) is 8.62. The van der Waals surface area contributed by atoms with Gasteiger partial charge in [0.25, 0.3) is 0 Å². The number of phenols is 1. The van der Waals surface area contributed by atoms with Gasteiger partial charge in [-0.2, -0.15) is 0 Å². The van der Waals surface area contributed by atoms with Crippen molar-refractivity contribution < 1.29 is 26.2 Å². The largest absolute Gasteiger partial charge is 0.507 e. The molecule has 39 heavy (non-hydrogen) atoms. The molecular formula is C34H28N3OPt-. The summed E-state index contributed by atoms with van der Waals surface area (Å²) in [4.78, 5) is 9.67. The topological polar surface area (TPSA) is 50.9 Å². The second-order valence-corrected chi connectivity index (χ2v) is 10.1. The zero-order valence-corrected chi connectivity index (χ0v) is 24.3. The third-order valence-electron chi connectivity index (χ3n) is 7.39. The van der Waals surface area contributed by atoms with E-state index >= 15 is 0 Å². The molecule has 0 aliphatic heterocycles. The van der Waals surface area contributed by atoms with Crippen molar-refractivity contribution in [2.45, 2.75) is 19.3 Å². The van der Waals surface area contributed by atoms with Gasteiger partial charge in [0.05, 0.1) is 16.6 Å². The first-order valence-corrected chi connectivity index (χ1v) is 12.7. The Bertz CT molecular complexity index is 1770. The van der Waals surface area contributed by atoms with E-state index in [0.29, 0.717) is 5.56 Å². The summed E-state index contributed by atoms with van der Waals surface area (Å²) in [5, 5.41) is 10.4. The van der Waals surface area contributed by atoms with Crippen LogP contribution in [-0.4, -0.2) is 19.6 Å². The van der Waals surface area contributed by atoms with Crippen molar-refractivity contribution in [3.8, 4) is 39.5 Å². The monoisotopic (exact) mass is 689 g/mol. The first-order chi connectivity index (χ1) is 18.4. The Morgan fingerprint density at radius 3 is 2.23 bits per heavy atom. The molecule has 4 aromatic carbocycles. The van der Waals surface area contributed by atoms with Gasteiger partial charge in [-0.1, -0.05) is 85.6 Å². The van der Waals surface area contributed by atoms with E-state index in [1.807, 2.05) is 54.2 Å². The molecule has 2 heterocycles. The Balaban J connectivity index is 0.00000308. The second-order valence-electron chi connectivity index (χ2n) is 10.1. The summed E-state index contributed by atoms with van der Waals surface area (Å²) in [6.45, 7) is 4.48. The Hall–Kier alpha value is -4.01. The van der Waals surface area contributed by atoms with Gasteiger partial charge in [0.15, 0.2) is 0 Å². The maximum absolute atomic E-state index is 10.4. The number of fused-ring (bicyclic) bond motifs is 1. The maximum Gasteiger partial charge on any atom is 0.143 e. The minimum absolute atomic E-state index is 0. The van der Waals surface area contributed by atoms with E-state index in [2.05, 4.69) is 80.6 Å². The molecule has 0 bridgehead atoms. The van der Waals surface area contributed by atoms with Gasteiger partial charge in [-0.25, -0.2) is 4.98 Å². The van der Waals surface area contributed by atoms with Crippen LogP contribution in [0.3, 0.4) is 0 Å². The number of aromatic nitrogens is 3. The molecular weight excluding hydrogens is 661 g/mol. The number of aromatic hydroxyl groups is 1. The number of para-hydroxylation sites is 2. The Morgan fingerprint density at radius 2 is 1.44 bits per heavy atom. The number of nitrogens with zero attached hydrogens (tertiary/aromatic N) is 3. The van der Waals surface area contributed by atoms with Crippen LogP contribution in [0.2, 0.25) is 0 Å². The number of hydrogen-bond acceptors (Lipinski definition) is 3. The van der Waals surface area contributed by atoms with Crippen molar-refractivity contribution in [2.24, 2.45) is 7.05 Å². The zero-order valence-electron chi connectivity index (χ0n) is 22.0. The molecule has 0 aliphatic rings. The van der Waals surface area contributed by atoms with E-state index in [9.17, 15) is 5.11 Å². The minimum Gasteiger partial charge on any atom is -0.507 e. The average Bonchev–Trinajstić information content (AvgIpc) is 3.30. The molecule has 6 aromatic rings. The Morgan fingerprint density at radius 1 is 0.744 bits per heavy atom. The SMILES string of the molecule is Cn1c(-c2ccccc2O)nc2c(-c3[c-]c(-c4cc(C(C)(C)c5ccccc5)ccn4)ccc3)cccc21.[Pt]. The number of benzene rings is 4. The van der Waals surface area contributed by atoms with E-state index in [-0.39, 0.29) is 32.2 Å². The predicted molar refractivity (Wildman–Crippen MR) is 154 cm³/mol. The summed E-state index contributed by atoms with van der Waals surface area (Å²) in [5.74, 6) is 0.935. The van der Waals surface area contributed by atoms with Crippen molar-refractivity contribution in [3.63, 3.8) is 0 Å². The van der Waals surface area contributed by atoms with Crippen LogP contribution in [0, 0.1) is 6.07 Å². The van der Waals surface area contributed by atoms with E-state index in [1.54, 1.807) is 6.07 Å². The first kappa shape index (κ1) is 26.6. The van der Waals surface area contributed by atoms with Gasteiger partial charge >= 0.3 is 0 Å². The maximum atomic E-state index is 10.4. The van der Waals surface area contributed by atoms with Gasteiger partial charge in [0.2, 0.25) is 0 Å². The molecule has 5 heteroatoms. The molecule has 0 radical (unpaired) electrons. The molecule has 6 rings (SSSR count). The number of phenolic OH excluding ortho intramolecular Hbond substituents is 1. The van der Waals surface area contributed by atoms with Crippen LogP contribution < -0.4 is 0 Å². The molecule has 0 aliphatic carbocycles. The van der Waals surface area contributed by atoms with Gasteiger partial charge in [-0.05, 0) is 35.4 Å². The smallest absolute Gasteiger partial charge is 0.143 e. The normalized spacial score (nSPS) is 11.4. The van der Waals surface area contributed by atoms with E-state index in [4.69, 9.17) is 9.97 Å². The third kappa shape index (κ3) is 4.81. The number of hydrogen-bond donors (Lipinski definition) is 1. The fourth-order valence-corrected chi connectivity index (χ4v) is 5.10. The molecule has 196 valence electrons. The molecule has 0 saturated carbocycles. The molecule has 0 amide bonds. The second kappa shape index (κ2) is 10.6. The summed E-state index contributed by atoms with van der Waals surface area (Å²) in [6, 6.07) is 38.0. The van der Waals surface area contributed by atoms with Gasteiger partial charge in [0.1, 0.15) is 11.6 Å². The minimum atomic E-state index is -0.157. The number of imidazole rings is 1. The summed E-state index contributed by atoms with van der Waals surface area (Å²) < 4.78 is 2.02. The van der Waals surface area contributed by atoms with Gasteiger partial charge in [-0.15, -0.1) is 29.8 Å². The van der Waals surface area contributed by atoms with Crippen LogP contribution in [0.4, 0.5) is 0 Å². The van der Waals surface area contributed by atoms with Crippen LogP contribution in [0.15, 0.2) is 109 Å². The standard InChI is InChI=1S/C34H28N3O.Pt/c1-34(2,25-13-5-4-6-14-25)26-19-20-35-29(22-26)24-12-9-11-23(21-24)27-16-10-17-30-32(27)36-33(37(30)3)28-15-7-8-18-31(28)38;/h4-20,22,38H,1-3H3;/q-1;. The van der Waals surface area contributed by atoms with Gasteiger partial charge < -0.3 is 9.67 Å². The zero-order chi connectivity index (χ0) is 26.3. The molecule has 0 saturated heterocycles. The van der Waals surface area contributed by atoms with Crippen LogP contribution in [0.25, 0.3) is 44.8 Å². The van der Waals surface area contributed by atoms with Crippen molar-refractivity contribution in [3.05, 3.63) is 127 Å². The Kier molecular flexibility index (Phi) is 7.25. The fourth-order valence-electron chi connectivity index (χ4n) is 5.10. The Labute approximate surface area is 243 Å². The van der Waals surface area contributed by atoms with Crippen molar-refractivity contribution >= 4 is 11.0 Å². The molecule has 0 unspecified atom stereocenters. The van der Waals surface area contributed by atoms with Crippen molar-refractivity contribution in [1.29, 1.82) is 0 Å². The molecule has 0 fully saturated rings. The van der Waals surface area contributed by atoms with Crippen LogP contribution in [0.5, 0.6) is 5.75 Å². The van der Waals surface area contributed by atoms with Crippen LogP contribution in [0.1, 0.15) is 25.0 Å². The summed E-state index contributed by atoms with van der Waals surface area (Å²) >= 11 is 0. The summed E-state index contributed by atoms with van der Waals surface area (Å²) in [6.07, 6.45) is 1.88. The quantitative estimate of drug-likeness (QED) is 0.188. The first-order valence-electron chi connectivity index (χ1n) is 12.7. The number of rotatable bonds is 5. The van der Waals surface area contributed by atoms with Crippen molar-refractivity contribution in [2.75, 3.05) is 0 Å².